The molecule has 0 spiro atoms. The molecule has 26 heavy (non-hydrogen) atoms. The summed E-state index contributed by atoms with van der Waals surface area (Å²) in [5.41, 5.74) is 0. The predicted octanol–water partition coefficient (Wildman–Crippen LogP) is 9.38. The molecule has 5 atom stereocenters. The van der Waals surface area contributed by atoms with E-state index < -0.39 is 0 Å². The Labute approximate surface area is 168 Å². The lowest BCUT2D eigenvalue weighted by atomic mass is 9.79. The molecule has 0 fully saturated rings. The zero-order chi connectivity index (χ0) is 20.1. The normalized spacial score (nSPS) is 18.1. The van der Waals surface area contributed by atoms with E-state index >= 15 is 0 Å². The molecule has 0 radical (unpaired) electrons. The molecule has 0 aromatic carbocycles. The van der Waals surface area contributed by atoms with E-state index in [1.165, 1.54) is 64.2 Å². The molecular formula is C26H54. The van der Waals surface area contributed by atoms with Crippen LogP contribution in [0.2, 0.25) is 0 Å². The monoisotopic (exact) mass is 366 g/mol. The second-order valence-electron chi connectivity index (χ2n) is 10.6. The highest BCUT2D eigenvalue weighted by Crippen LogP contribution is 2.32. The second-order valence-corrected chi connectivity index (χ2v) is 10.6. The molecular weight excluding hydrogens is 312 g/mol. The molecule has 0 aliphatic carbocycles. The van der Waals surface area contributed by atoms with Crippen LogP contribution in [0.1, 0.15) is 127 Å². The summed E-state index contributed by atoms with van der Waals surface area (Å²) in [6, 6.07) is 0. The quantitative estimate of drug-likeness (QED) is 0.255. The molecule has 0 bridgehead atoms. The number of hydrogen-bond donors (Lipinski definition) is 0. The molecule has 0 aromatic heterocycles. The molecule has 0 heteroatoms. The molecule has 0 aliphatic rings. The van der Waals surface area contributed by atoms with Crippen LogP contribution in [-0.2, 0) is 0 Å². The van der Waals surface area contributed by atoms with Crippen LogP contribution in [0.3, 0.4) is 0 Å². The highest BCUT2D eigenvalue weighted by Gasteiger charge is 2.19. The van der Waals surface area contributed by atoms with Crippen LogP contribution in [0.25, 0.3) is 0 Å². The van der Waals surface area contributed by atoms with Gasteiger partial charge in [-0.15, -0.1) is 0 Å². The molecule has 0 amide bonds. The Morgan fingerprint density at radius 1 is 0.500 bits per heavy atom. The van der Waals surface area contributed by atoms with Crippen molar-refractivity contribution in [2.45, 2.75) is 127 Å². The van der Waals surface area contributed by atoms with Gasteiger partial charge in [-0.2, -0.15) is 0 Å². The molecule has 0 heterocycles. The summed E-state index contributed by atoms with van der Waals surface area (Å²) in [6.45, 7) is 21.8. The third-order valence-electron chi connectivity index (χ3n) is 7.26. The van der Waals surface area contributed by atoms with Crippen LogP contribution in [0.15, 0.2) is 0 Å². The summed E-state index contributed by atoms with van der Waals surface area (Å²) < 4.78 is 0. The van der Waals surface area contributed by atoms with E-state index in [0.717, 1.165) is 41.4 Å². The third kappa shape index (κ3) is 13.2. The zero-order valence-electron chi connectivity index (χ0n) is 20.1. The van der Waals surface area contributed by atoms with E-state index in [2.05, 4.69) is 62.3 Å². The van der Waals surface area contributed by atoms with Gasteiger partial charge < -0.3 is 0 Å². The lowest BCUT2D eigenvalue weighted by Gasteiger charge is -2.27. The molecule has 0 aromatic rings. The Balaban J connectivity index is 4.40. The van der Waals surface area contributed by atoms with Crippen LogP contribution in [0.4, 0.5) is 0 Å². The first kappa shape index (κ1) is 26.0. The second kappa shape index (κ2) is 15.0. The molecule has 158 valence electrons. The summed E-state index contributed by atoms with van der Waals surface area (Å²) >= 11 is 0. The van der Waals surface area contributed by atoms with Crippen molar-refractivity contribution < 1.29 is 0 Å². The highest BCUT2D eigenvalue weighted by molar-refractivity contribution is 4.71. The highest BCUT2D eigenvalue weighted by atomic mass is 14.3. The maximum absolute atomic E-state index is 2.55. The van der Waals surface area contributed by atoms with Gasteiger partial charge in [0, 0.05) is 0 Å². The molecule has 0 nitrogen and oxygen atoms in total. The van der Waals surface area contributed by atoms with Crippen LogP contribution in [0.5, 0.6) is 0 Å². The van der Waals surface area contributed by atoms with Crippen LogP contribution < -0.4 is 0 Å². The topological polar surface area (TPSA) is 0 Å². The first-order valence-corrected chi connectivity index (χ1v) is 12.2. The van der Waals surface area contributed by atoms with Crippen LogP contribution in [0, 0.1) is 41.4 Å². The standard InChI is InChI=1S/C26H54/c1-10-22(6)15-18-26(25(9)13-11-12-20(2)3)19-16-23(7)14-17-24(8)21(4)5/h20-26H,10-19H2,1-9H3. The van der Waals surface area contributed by atoms with E-state index in [1.807, 2.05) is 0 Å². The van der Waals surface area contributed by atoms with Gasteiger partial charge in [-0.3, -0.25) is 0 Å². The molecule has 0 N–H and O–H groups in total. The van der Waals surface area contributed by atoms with Crippen molar-refractivity contribution in [2.75, 3.05) is 0 Å². The third-order valence-corrected chi connectivity index (χ3v) is 7.26. The lowest BCUT2D eigenvalue weighted by Crippen LogP contribution is -2.15. The van der Waals surface area contributed by atoms with Crippen molar-refractivity contribution in [3.63, 3.8) is 0 Å². The Kier molecular flexibility index (Phi) is 15.0. The van der Waals surface area contributed by atoms with Gasteiger partial charge in [-0.05, 0) is 54.3 Å². The van der Waals surface area contributed by atoms with Crippen LogP contribution >= 0.6 is 0 Å². The number of hydrogen-bond acceptors (Lipinski definition) is 0. The van der Waals surface area contributed by atoms with Crippen LogP contribution in [-0.4, -0.2) is 0 Å². The zero-order valence-corrected chi connectivity index (χ0v) is 20.1. The van der Waals surface area contributed by atoms with Gasteiger partial charge in [-0.1, -0.05) is 114 Å². The average molecular weight is 367 g/mol. The maximum Gasteiger partial charge on any atom is -0.0388 e. The summed E-state index contributed by atoms with van der Waals surface area (Å²) in [5.74, 6) is 6.28. The van der Waals surface area contributed by atoms with Crippen molar-refractivity contribution in [1.82, 2.24) is 0 Å². The SMILES string of the molecule is CCC(C)CCC(CCC(C)CCC(C)C(C)C)C(C)CCCC(C)C. The molecule has 0 saturated heterocycles. The van der Waals surface area contributed by atoms with Crippen molar-refractivity contribution in [2.24, 2.45) is 41.4 Å². The van der Waals surface area contributed by atoms with Crippen molar-refractivity contribution in [3.05, 3.63) is 0 Å². The molecule has 0 rings (SSSR count). The Hall–Kier alpha value is 0. The van der Waals surface area contributed by atoms with Gasteiger partial charge >= 0.3 is 0 Å². The lowest BCUT2D eigenvalue weighted by molar-refractivity contribution is 0.244. The van der Waals surface area contributed by atoms with E-state index in [-0.39, 0.29) is 0 Å². The van der Waals surface area contributed by atoms with Crippen molar-refractivity contribution >= 4 is 0 Å². The van der Waals surface area contributed by atoms with Gasteiger partial charge in [0.25, 0.3) is 0 Å². The fourth-order valence-corrected chi connectivity index (χ4v) is 4.02. The first-order valence-electron chi connectivity index (χ1n) is 12.2. The summed E-state index contributed by atoms with van der Waals surface area (Å²) in [7, 11) is 0. The van der Waals surface area contributed by atoms with Crippen molar-refractivity contribution in [1.29, 1.82) is 0 Å². The maximum atomic E-state index is 2.55. The van der Waals surface area contributed by atoms with E-state index in [4.69, 9.17) is 0 Å². The number of rotatable bonds is 16. The predicted molar refractivity (Wildman–Crippen MR) is 122 cm³/mol. The van der Waals surface area contributed by atoms with Gasteiger partial charge in [0.05, 0.1) is 0 Å². The van der Waals surface area contributed by atoms with Gasteiger partial charge in [0.2, 0.25) is 0 Å². The largest absolute Gasteiger partial charge is 0.0651 e. The van der Waals surface area contributed by atoms with Crippen molar-refractivity contribution in [3.8, 4) is 0 Å². The Morgan fingerprint density at radius 2 is 1.04 bits per heavy atom. The summed E-state index contributed by atoms with van der Waals surface area (Å²) in [4.78, 5) is 0. The fraction of sp³-hybridized carbons (Fsp3) is 1.00. The van der Waals surface area contributed by atoms with Gasteiger partial charge in [-0.25, -0.2) is 0 Å². The molecule has 5 unspecified atom stereocenters. The smallest absolute Gasteiger partial charge is 0.0388 e. The van der Waals surface area contributed by atoms with E-state index in [1.54, 1.807) is 0 Å². The first-order chi connectivity index (χ1) is 12.2. The van der Waals surface area contributed by atoms with Gasteiger partial charge in [0.1, 0.15) is 0 Å². The average Bonchev–Trinajstić information content (AvgIpc) is 2.58. The Bertz CT molecular complexity index is 303. The summed E-state index contributed by atoms with van der Waals surface area (Å²) in [5, 5.41) is 0. The summed E-state index contributed by atoms with van der Waals surface area (Å²) in [6.07, 6.45) is 14.3. The van der Waals surface area contributed by atoms with E-state index in [9.17, 15) is 0 Å². The molecule has 0 saturated carbocycles. The fourth-order valence-electron chi connectivity index (χ4n) is 4.02. The minimum Gasteiger partial charge on any atom is -0.0651 e. The Morgan fingerprint density at radius 3 is 1.54 bits per heavy atom. The molecule has 0 aliphatic heterocycles. The minimum atomic E-state index is 0.839. The minimum absolute atomic E-state index is 0.839. The van der Waals surface area contributed by atoms with Gasteiger partial charge in [0.15, 0.2) is 0 Å². The van der Waals surface area contributed by atoms with E-state index in [0.29, 0.717) is 0 Å².